The zero-order valence-corrected chi connectivity index (χ0v) is 13.9. The molecule has 0 aromatic carbocycles. The molecule has 3 nitrogen and oxygen atoms in total. The summed E-state index contributed by atoms with van der Waals surface area (Å²) in [6, 6.07) is 0.848. The van der Waals surface area contributed by atoms with Gasteiger partial charge in [0, 0.05) is 25.6 Å². The molecule has 21 heavy (non-hydrogen) atoms. The minimum absolute atomic E-state index is 0.389. The number of carbonyl (C=O) groups is 1. The van der Waals surface area contributed by atoms with Crippen LogP contribution in [0.1, 0.15) is 65.2 Å². The number of piperidine rings is 1. The zero-order chi connectivity index (χ0) is 14.9. The Morgan fingerprint density at radius 2 is 1.90 bits per heavy atom. The molecule has 3 fully saturated rings. The minimum Gasteiger partial charge on any atom is -0.343 e. The van der Waals surface area contributed by atoms with Gasteiger partial charge in [-0.3, -0.25) is 4.79 Å². The van der Waals surface area contributed by atoms with Crippen LogP contribution in [0.4, 0.5) is 0 Å². The molecule has 0 bridgehead atoms. The van der Waals surface area contributed by atoms with E-state index in [1.807, 2.05) is 0 Å². The molecule has 3 aliphatic rings. The molecule has 1 amide bonds. The van der Waals surface area contributed by atoms with Gasteiger partial charge in [0.2, 0.25) is 5.91 Å². The van der Waals surface area contributed by atoms with Gasteiger partial charge in [0.15, 0.2) is 0 Å². The van der Waals surface area contributed by atoms with E-state index in [1.54, 1.807) is 0 Å². The third kappa shape index (κ3) is 3.80. The first-order chi connectivity index (χ1) is 10.0. The van der Waals surface area contributed by atoms with Crippen LogP contribution >= 0.6 is 0 Å². The average molecular weight is 292 g/mol. The van der Waals surface area contributed by atoms with Crippen molar-refractivity contribution in [3.63, 3.8) is 0 Å². The summed E-state index contributed by atoms with van der Waals surface area (Å²) in [5.41, 5.74) is 0.567. The summed E-state index contributed by atoms with van der Waals surface area (Å²) in [5.74, 6) is 1.24. The minimum atomic E-state index is 0.389. The molecule has 0 radical (unpaired) electrons. The van der Waals surface area contributed by atoms with E-state index in [-0.39, 0.29) is 0 Å². The molecule has 1 aliphatic carbocycles. The molecular weight excluding hydrogens is 260 g/mol. The second-order valence-corrected chi connectivity index (χ2v) is 8.31. The van der Waals surface area contributed by atoms with Gasteiger partial charge in [-0.25, -0.2) is 0 Å². The van der Waals surface area contributed by atoms with E-state index in [0.717, 1.165) is 37.9 Å². The number of carbonyl (C=O) groups excluding carboxylic acids is 1. The highest BCUT2D eigenvalue weighted by molar-refractivity contribution is 5.77. The first-order valence-electron chi connectivity index (χ1n) is 9.05. The fourth-order valence-electron chi connectivity index (χ4n) is 4.60. The molecule has 2 heterocycles. The topological polar surface area (TPSA) is 23.6 Å². The maximum Gasteiger partial charge on any atom is 0.222 e. The number of likely N-dealkylation sites (tertiary alicyclic amines) is 2. The number of hydrogen-bond donors (Lipinski definition) is 0. The van der Waals surface area contributed by atoms with Crippen LogP contribution in [-0.2, 0) is 4.79 Å². The number of hydrogen-bond acceptors (Lipinski definition) is 2. The second-order valence-electron chi connectivity index (χ2n) is 8.31. The summed E-state index contributed by atoms with van der Waals surface area (Å²) in [6.45, 7) is 9.45. The molecule has 1 atom stereocenters. The van der Waals surface area contributed by atoms with Gasteiger partial charge >= 0.3 is 0 Å². The summed E-state index contributed by atoms with van der Waals surface area (Å²) in [5, 5.41) is 0. The van der Waals surface area contributed by atoms with E-state index < -0.39 is 0 Å². The molecular formula is C18H32N2O. The van der Waals surface area contributed by atoms with Crippen LogP contribution < -0.4 is 0 Å². The third-order valence-corrected chi connectivity index (χ3v) is 6.09. The monoisotopic (exact) mass is 292 g/mol. The van der Waals surface area contributed by atoms with Gasteiger partial charge in [0.05, 0.1) is 0 Å². The van der Waals surface area contributed by atoms with Gasteiger partial charge in [0.25, 0.3) is 0 Å². The fourth-order valence-corrected chi connectivity index (χ4v) is 4.60. The standard InChI is InChI=1S/C18H32N2O/c1-18(2)9-5-16(14-18)19-11-6-15(7-12-19)8-13-20-10-3-4-17(20)21/h15-16H,3-14H2,1-2H3. The maximum absolute atomic E-state index is 11.7. The van der Waals surface area contributed by atoms with Crippen LogP contribution in [0, 0.1) is 11.3 Å². The number of nitrogens with zero attached hydrogens (tertiary/aromatic N) is 2. The maximum atomic E-state index is 11.7. The molecule has 2 saturated heterocycles. The Morgan fingerprint density at radius 3 is 2.48 bits per heavy atom. The van der Waals surface area contributed by atoms with Gasteiger partial charge in [-0.1, -0.05) is 13.8 Å². The van der Waals surface area contributed by atoms with E-state index in [2.05, 4.69) is 23.6 Å². The van der Waals surface area contributed by atoms with Crippen LogP contribution in [0.3, 0.4) is 0 Å². The lowest BCUT2D eigenvalue weighted by molar-refractivity contribution is -0.127. The number of rotatable bonds is 4. The highest BCUT2D eigenvalue weighted by Crippen LogP contribution is 2.40. The predicted octanol–water partition coefficient (Wildman–Crippen LogP) is 3.29. The Kier molecular flexibility index (Phi) is 4.58. The molecule has 3 rings (SSSR count). The van der Waals surface area contributed by atoms with Crippen molar-refractivity contribution in [2.24, 2.45) is 11.3 Å². The van der Waals surface area contributed by atoms with Gasteiger partial charge in [-0.05, 0) is 69.4 Å². The Morgan fingerprint density at radius 1 is 1.14 bits per heavy atom. The normalized spacial score (nSPS) is 31.2. The predicted molar refractivity (Wildman–Crippen MR) is 86.1 cm³/mol. The van der Waals surface area contributed by atoms with Crippen molar-refractivity contribution in [2.75, 3.05) is 26.2 Å². The average Bonchev–Trinajstić information content (AvgIpc) is 3.03. The van der Waals surface area contributed by atoms with Crippen molar-refractivity contribution in [1.82, 2.24) is 9.80 Å². The van der Waals surface area contributed by atoms with Gasteiger partial charge in [-0.15, -0.1) is 0 Å². The smallest absolute Gasteiger partial charge is 0.222 e. The molecule has 0 aromatic heterocycles. The summed E-state index contributed by atoms with van der Waals surface area (Å²) in [7, 11) is 0. The van der Waals surface area contributed by atoms with Crippen LogP contribution in [0.25, 0.3) is 0 Å². The van der Waals surface area contributed by atoms with Crippen molar-refractivity contribution in [1.29, 1.82) is 0 Å². The van der Waals surface area contributed by atoms with E-state index in [1.165, 1.54) is 51.6 Å². The Bertz CT molecular complexity index is 371. The molecule has 1 saturated carbocycles. The third-order valence-electron chi connectivity index (χ3n) is 6.09. The van der Waals surface area contributed by atoms with Crippen LogP contribution in [0.5, 0.6) is 0 Å². The molecule has 3 heteroatoms. The van der Waals surface area contributed by atoms with Crippen molar-refractivity contribution in [2.45, 2.75) is 71.3 Å². The molecule has 1 unspecified atom stereocenters. The first kappa shape index (κ1) is 15.3. The molecule has 0 aromatic rings. The van der Waals surface area contributed by atoms with Crippen molar-refractivity contribution in [3.8, 4) is 0 Å². The quantitative estimate of drug-likeness (QED) is 0.794. The van der Waals surface area contributed by atoms with Crippen LogP contribution in [0.15, 0.2) is 0 Å². The highest BCUT2D eigenvalue weighted by atomic mass is 16.2. The van der Waals surface area contributed by atoms with E-state index >= 15 is 0 Å². The lowest BCUT2D eigenvalue weighted by atomic mass is 9.90. The van der Waals surface area contributed by atoms with E-state index in [0.29, 0.717) is 11.3 Å². The Balaban J connectivity index is 1.38. The van der Waals surface area contributed by atoms with Crippen molar-refractivity contribution >= 4 is 5.91 Å². The van der Waals surface area contributed by atoms with Crippen molar-refractivity contribution in [3.05, 3.63) is 0 Å². The summed E-state index contributed by atoms with van der Waals surface area (Å²) < 4.78 is 0. The van der Waals surface area contributed by atoms with Gasteiger partial charge in [0.1, 0.15) is 0 Å². The van der Waals surface area contributed by atoms with Gasteiger partial charge < -0.3 is 9.80 Å². The van der Waals surface area contributed by atoms with E-state index in [4.69, 9.17) is 0 Å². The van der Waals surface area contributed by atoms with Crippen LogP contribution in [0.2, 0.25) is 0 Å². The first-order valence-corrected chi connectivity index (χ1v) is 9.05. The van der Waals surface area contributed by atoms with Gasteiger partial charge in [-0.2, -0.15) is 0 Å². The summed E-state index contributed by atoms with van der Waals surface area (Å²) in [6.07, 6.45) is 9.98. The van der Waals surface area contributed by atoms with E-state index in [9.17, 15) is 4.79 Å². The second kappa shape index (κ2) is 6.28. The molecule has 120 valence electrons. The fraction of sp³-hybridized carbons (Fsp3) is 0.944. The van der Waals surface area contributed by atoms with Crippen LogP contribution in [-0.4, -0.2) is 47.9 Å². The number of amides is 1. The lowest BCUT2D eigenvalue weighted by Gasteiger charge is -2.37. The highest BCUT2D eigenvalue weighted by Gasteiger charge is 2.35. The Hall–Kier alpha value is -0.570. The lowest BCUT2D eigenvalue weighted by Crippen LogP contribution is -2.41. The largest absolute Gasteiger partial charge is 0.343 e. The Labute approximate surface area is 130 Å². The SMILES string of the molecule is CC1(C)CCC(N2CCC(CCN3CCCC3=O)CC2)C1. The molecule has 0 spiro atoms. The zero-order valence-electron chi connectivity index (χ0n) is 13.9. The summed E-state index contributed by atoms with van der Waals surface area (Å²) >= 11 is 0. The summed E-state index contributed by atoms with van der Waals surface area (Å²) in [4.78, 5) is 16.5. The van der Waals surface area contributed by atoms with Crippen molar-refractivity contribution < 1.29 is 4.79 Å². The molecule has 0 N–H and O–H groups in total. The molecule has 2 aliphatic heterocycles.